The molecule has 0 bridgehead atoms. The predicted octanol–water partition coefficient (Wildman–Crippen LogP) is 4.48. The SMILES string of the molecule is COc1ccc(OC)c(-c2ccc3c(c2)CCC(C)(C)C3OC(N)=O)c1. The van der Waals surface area contributed by atoms with E-state index in [-0.39, 0.29) is 11.5 Å². The lowest BCUT2D eigenvalue weighted by Crippen LogP contribution is -2.33. The maximum Gasteiger partial charge on any atom is 0.405 e. The molecule has 2 aromatic carbocycles. The van der Waals surface area contributed by atoms with Crippen LogP contribution in [-0.4, -0.2) is 20.3 Å². The zero-order valence-electron chi connectivity index (χ0n) is 15.7. The van der Waals surface area contributed by atoms with E-state index in [1.54, 1.807) is 14.2 Å². The Morgan fingerprint density at radius 1 is 1.12 bits per heavy atom. The molecule has 3 rings (SSSR count). The molecule has 0 aliphatic heterocycles. The van der Waals surface area contributed by atoms with E-state index < -0.39 is 6.09 Å². The van der Waals surface area contributed by atoms with Crippen LogP contribution in [0, 0.1) is 5.41 Å². The molecule has 0 fully saturated rings. The van der Waals surface area contributed by atoms with Gasteiger partial charge in [-0.05, 0) is 47.7 Å². The van der Waals surface area contributed by atoms with Crippen LogP contribution in [0.15, 0.2) is 36.4 Å². The molecular formula is C21H25NO4. The Morgan fingerprint density at radius 2 is 1.88 bits per heavy atom. The fourth-order valence-corrected chi connectivity index (χ4v) is 3.63. The third-order valence-corrected chi connectivity index (χ3v) is 5.13. The third-order valence-electron chi connectivity index (χ3n) is 5.13. The van der Waals surface area contributed by atoms with Crippen LogP contribution < -0.4 is 15.2 Å². The van der Waals surface area contributed by atoms with Crippen molar-refractivity contribution in [2.24, 2.45) is 11.1 Å². The zero-order chi connectivity index (χ0) is 18.9. The van der Waals surface area contributed by atoms with E-state index in [1.165, 1.54) is 0 Å². The van der Waals surface area contributed by atoms with E-state index in [1.807, 2.05) is 30.3 Å². The van der Waals surface area contributed by atoms with Crippen molar-refractivity contribution in [1.29, 1.82) is 0 Å². The summed E-state index contributed by atoms with van der Waals surface area (Å²) in [6.07, 6.45) is 0.747. The van der Waals surface area contributed by atoms with Gasteiger partial charge in [-0.3, -0.25) is 0 Å². The Labute approximate surface area is 154 Å². The summed E-state index contributed by atoms with van der Waals surface area (Å²) >= 11 is 0. The van der Waals surface area contributed by atoms with Gasteiger partial charge in [0, 0.05) is 11.0 Å². The number of carbonyl (C=O) groups excluding carboxylic acids is 1. The average molecular weight is 355 g/mol. The number of hydrogen-bond donors (Lipinski definition) is 1. The van der Waals surface area contributed by atoms with Crippen LogP contribution >= 0.6 is 0 Å². The number of ether oxygens (including phenoxy) is 3. The van der Waals surface area contributed by atoms with Crippen molar-refractivity contribution in [1.82, 2.24) is 0 Å². The molecule has 5 heteroatoms. The first-order chi connectivity index (χ1) is 12.4. The van der Waals surface area contributed by atoms with Crippen molar-refractivity contribution in [2.75, 3.05) is 14.2 Å². The standard InChI is InChI=1S/C21H25NO4/c1-21(2)10-9-14-11-13(5-7-16(14)19(21)26-20(22)23)17-12-15(24-3)6-8-18(17)25-4/h5-8,11-12,19H,9-10H2,1-4H3,(H2,22,23). The number of hydrogen-bond acceptors (Lipinski definition) is 4. The van der Waals surface area contributed by atoms with Gasteiger partial charge in [0.05, 0.1) is 14.2 Å². The first-order valence-corrected chi connectivity index (χ1v) is 8.67. The van der Waals surface area contributed by atoms with Gasteiger partial charge in [-0.25, -0.2) is 4.79 Å². The van der Waals surface area contributed by atoms with E-state index in [4.69, 9.17) is 19.9 Å². The predicted molar refractivity (Wildman–Crippen MR) is 100 cm³/mol. The lowest BCUT2D eigenvalue weighted by molar-refractivity contribution is 0.0147. The van der Waals surface area contributed by atoms with Gasteiger partial charge in [-0.15, -0.1) is 0 Å². The number of aryl methyl sites for hydroxylation is 1. The van der Waals surface area contributed by atoms with Crippen LogP contribution in [0.2, 0.25) is 0 Å². The highest BCUT2D eigenvalue weighted by atomic mass is 16.6. The van der Waals surface area contributed by atoms with Gasteiger partial charge < -0.3 is 19.9 Å². The van der Waals surface area contributed by atoms with Crippen LogP contribution in [0.4, 0.5) is 4.79 Å². The molecule has 138 valence electrons. The fourth-order valence-electron chi connectivity index (χ4n) is 3.63. The van der Waals surface area contributed by atoms with Crippen molar-refractivity contribution in [3.63, 3.8) is 0 Å². The Hall–Kier alpha value is -2.69. The monoisotopic (exact) mass is 355 g/mol. The van der Waals surface area contributed by atoms with Crippen molar-refractivity contribution in [3.05, 3.63) is 47.5 Å². The molecule has 2 aromatic rings. The van der Waals surface area contributed by atoms with Crippen molar-refractivity contribution in [3.8, 4) is 22.6 Å². The smallest absolute Gasteiger partial charge is 0.405 e. The van der Waals surface area contributed by atoms with Crippen LogP contribution in [0.1, 0.15) is 37.5 Å². The molecule has 0 radical (unpaired) electrons. The Morgan fingerprint density at radius 3 is 2.54 bits per heavy atom. The molecular weight excluding hydrogens is 330 g/mol. The summed E-state index contributed by atoms with van der Waals surface area (Å²) in [7, 11) is 3.30. The third kappa shape index (κ3) is 3.34. The van der Waals surface area contributed by atoms with Crippen LogP contribution in [-0.2, 0) is 11.2 Å². The zero-order valence-corrected chi connectivity index (χ0v) is 15.7. The van der Waals surface area contributed by atoms with Gasteiger partial charge in [-0.1, -0.05) is 32.0 Å². The summed E-state index contributed by atoms with van der Waals surface area (Å²) < 4.78 is 16.3. The van der Waals surface area contributed by atoms with Gasteiger partial charge in [0.1, 0.15) is 17.6 Å². The molecule has 0 spiro atoms. The second-order valence-corrected chi connectivity index (χ2v) is 7.29. The first kappa shape index (κ1) is 18.1. The topological polar surface area (TPSA) is 70.8 Å². The van der Waals surface area contributed by atoms with Gasteiger partial charge >= 0.3 is 6.09 Å². The minimum Gasteiger partial charge on any atom is -0.497 e. The number of fused-ring (bicyclic) bond motifs is 1. The number of amides is 1. The Balaban J connectivity index is 2.06. The molecule has 1 atom stereocenters. The second kappa shape index (κ2) is 6.90. The molecule has 2 N–H and O–H groups in total. The molecule has 0 saturated heterocycles. The Kier molecular flexibility index (Phi) is 4.81. The molecule has 0 heterocycles. The average Bonchev–Trinajstić information content (AvgIpc) is 2.63. The summed E-state index contributed by atoms with van der Waals surface area (Å²) in [5.74, 6) is 1.56. The van der Waals surface area contributed by atoms with Crippen molar-refractivity contribution < 1.29 is 19.0 Å². The van der Waals surface area contributed by atoms with Gasteiger partial charge in [0.25, 0.3) is 0 Å². The number of nitrogens with two attached hydrogens (primary N) is 1. The quantitative estimate of drug-likeness (QED) is 0.878. The van der Waals surface area contributed by atoms with Crippen LogP contribution in [0.5, 0.6) is 11.5 Å². The van der Waals surface area contributed by atoms with E-state index in [9.17, 15) is 4.79 Å². The summed E-state index contributed by atoms with van der Waals surface area (Å²) in [6, 6.07) is 11.9. The van der Waals surface area contributed by atoms with Gasteiger partial charge in [0.2, 0.25) is 0 Å². The summed E-state index contributed by atoms with van der Waals surface area (Å²) in [5.41, 5.74) is 9.33. The van der Waals surface area contributed by atoms with E-state index in [2.05, 4.69) is 19.9 Å². The maximum absolute atomic E-state index is 11.4. The van der Waals surface area contributed by atoms with Crippen LogP contribution in [0.3, 0.4) is 0 Å². The first-order valence-electron chi connectivity index (χ1n) is 8.67. The largest absolute Gasteiger partial charge is 0.497 e. The molecule has 0 aromatic heterocycles. The summed E-state index contributed by atoms with van der Waals surface area (Å²) in [6.45, 7) is 4.20. The number of rotatable bonds is 4. The maximum atomic E-state index is 11.4. The molecule has 1 unspecified atom stereocenters. The van der Waals surface area contributed by atoms with Gasteiger partial charge in [0.15, 0.2) is 0 Å². The van der Waals surface area contributed by atoms with E-state index >= 15 is 0 Å². The molecule has 0 saturated carbocycles. The fraction of sp³-hybridized carbons (Fsp3) is 0.381. The minimum atomic E-state index is -0.741. The second-order valence-electron chi connectivity index (χ2n) is 7.29. The van der Waals surface area contributed by atoms with E-state index in [0.717, 1.165) is 46.6 Å². The lowest BCUT2D eigenvalue weighted by atomic mass is 9.71. The highest BCUT2D eigenvalue weighted by Gasteiger charge is 2.38. The molecule has 5 nitrogen and oxygen atoms in total. The number of carbonyl (C=O) groups is 1. The molecule has 1 aliphatic rings. The number of methoxy groups -OCH3 is 2. The lowest BCUT2D eigenvalue weighted by Gasteiger charge is -2.39. The highest BCUT2D eigenvalue weighted by Crippen LogP contribution is 2.47. The number of benzene rings is 2. The molecule has 1 aliphatic carbocycles. The van der Waals surface area contributed by atoms with Crippen LogP contribution in [0.25, 0.3) is 11.1 Å². The normalized spacial score (nSPS) is 17.9. The van der Waals surface area contributed by atoms with Crippen molar-refractivity contribution in [2.45, 2.75) is 32.8 Å². The number of primary amides is 1. The van der Waals surface area contributed by atoms with E-state index in [0.29, 0.717) is 0 Å². The summed E-state index contributed by atoms with van der Waals surface area (Å²) in [4.78, 5) is 11.4. The van der Waals surface area contributed by atoms with Crippen molar-refractivity contribution >= 4 is 6.09 Å². The minimum absolute atomic E-state index is 0.156. The van der Waals surface area contributed by atoms with Gasteiger partial charge in [-0.2, -0.15) is 0 Å². The molecule has 1 amide bonds. The molecule has 26 heavy (non-hydrogen) atoms. The summed E-state index contributed by atoms with van der Waals surface area (Å²) in [5, 5.41) is 0. The highest BCUT2D eigenvalue weighted by molar-refractivity contribution is 5.73. The Bertz CT molecular complexity index is 829.